The van der Waals surface area contributed by atoms with Crippen molar-refractivity contribution in [3.63, 3.8) is 0 Å². The topological polar surface area (TPSA) is 33.0 Å². The summed E-state index contributed by atoms with van der Waals surface area (Å²) in [5, 5.41) is 8.72. The van der Waals surface area contributed by atoms with Crippen LogP contribution in [0.4, 0.5) is 8.78 Å². The second-order valence-corrected chi connectivity index (χ2v) is 6.97. The van der Waals surface area contributed by atoms with Crippen molar-refractivity contribution >= 4 is 0 Å². The van der Waals surface area contributed by atoms with Crippen molar-refractivity contribution in [2.24, 2.45) is 5.92 Å². The van der Waals surface area contributed by atoms with Gasteiger partial charge in [-0.15, -0.1) is 0 Å². The third-order valence-corrected chi connectivity index (χ3v) is 5.35. The van der Waals surface area contributed by atoms with Crippen molar-refractivity contribution in [1.82, 2.24) is 0 Å². The van der Waals surface area contributed by atoms with Crippen LogP contribution in [0.25, 0.3) is 0 Å². The van der Waals surface area contributed by atoms with Crippen molar-refractivity contribution in [3.8, 4) is 11.8 Å². The molecule has 0 N–H and O–H groups in total. The summed E-state index contributed by atoms with van der Waals surface area (Å²) >= 11 is 0. The molecule has 1 saturated carbocycles. The number of ether oxygens (including phenoxy) is 1. The van der Waals surface area contributed by atoms with Gasteiger partial charge in [0.15, 0.2) is 11.6 Å². The van der Waals surface area contributed by atoms with E-state index in [9.17, 15) is 8.78 Å². The quantitative estimate of drug-likeness (QED) is 0.684. The molecule has 3 rings (SSSR count). The van der Waals surface area contributed by atoms with Gasteiger partial charge in [-0.2, -0.15) is 9.65 Å². The Labute approximate surface area is 153 Å². The zero-order chi connectivity index (χ0) is 18.5. The number of aryl methyl sites for hydroxylation is 1. The molecule has 0 atom stereocenters. The molecule has 2 aromatic carbocycles. The van der Waals surface area contributed by atoms with Crippen molar-refractivity contribution in [3.05, 3.63) is 64.7 Å². The molecular formula is C22H23F2NO. The average Bonchev–Trinajstić information content (AvgIpc) is 2.70. The molecule has 0 saturated heterocycles. The maximum absolute atomic E-state index is 13.9. The molecule has 0 radical (unpaired) electrons. The highest BCUT2D eigenvalue weighted by atomic mass is 19.2. The van der Waals surface area contributed by atoms with Gasteiger partial charge >= 0.3 is 0 Å². The van der Waals surface area contributed by atoms with E-state index in [1.165, 1.54) is 23.3 Å². The van der Waals surface area contributed by atoms with Crippen LogP contribution >= 0.6 is 0 Å². The Bertz CT molecular complexity index is 787. The first-order chi connectivity index (χ1) is 12.6. The van der Waals surface area contributed by atoms with Gasteiger partial charge in [-0.3, -0.25) is 0 Å². The molecular weight excluding hydrogens is 332 g/mol. The number of hydrogen-bond acceptors (Lipinski definition) is 2. The van der Waals surface area contributed by atoms with Crippen molar-refractivity contribution < 1.29 is 13.5 Å². The lowest BCUT2D eigenvalue weighted by Gasteiger charge is -2.29. The first kappa shape index (κ1) is 18.4. The molecule has 0 aromatic heterocycles. The van der Waals surface area contributed by atoms with Crippen LogP contribution in [-0.2, 0) is 6.42 Å². The van der Waals surface area contributed by atoms with Crippen LogP contribution in [0.15, 0.2) is 36.4 Å². The van der Waals surface area contributed by atoms with Crippen LogP contribution in [0.2, 0.25) is 0 Å². The molecule has 26 heavy (non-hydrogen) atoms. The molecule has 0 aliphatic heterocycles. The van der Waals surface area contributed by atoms with Crippen molar-refractivity contribution in [1.29, 1.82) is 5.26 Å². The fraction of sp³-hybridized carbons (Fsp3) is 0.409. The molecule has 1 aliphatic rings. The number of rotatable bonds is 5. The van der Waals surface area contributed by atoms with Gasteiger partial charge in [0.05, 0.1) is 12.2 Å². The summed E-state index contributed by atoms with van der Waals surface area (Å²) in [6.45, 7) is 2.53. The second kappa shape index (κ2) is 8.31. The van der Waals surface area contributed by atoms with Gasteiger partial charge in [-0.1, -0.05) is 31.2 Å². The standard InChI is InChI=1S/C22H23F2NO/c1-2-15-3-7-17(8-4-15)18-9-5-16(6-10-18)14-26-20-12-11-19(13-25)21(23)22(20)24/h3-4,7-8,11-12,16,18H,2,5-6,9-10,14H2,1H3/t16-,18-. The molecule has 2 nitrogen and oxygen atoms in total. The zero-order valence-corrected chi connectivity index (χ0v) is 15.0. The fourth-order valence-electron chi connectivity index (χ4n) is 3.63. The lowest BCUT2D eigenvalue weighted by Crippen LogP contribution is -2.19. The molecule has 0 amide bonds. The summed E-state index contributed by atoms with van der Waals surface area (Å²) in [5.41, 5.74) is 2.44. The number of halogens is 2. The van der Waals surface area contributed by atoms with Gasteiger partial charge < -0.3 is 4.74 Å². The number of benzene rings is 2. The monoisotopic (exact) mass is 355 g/mol. The Hall–Kier alpha value is -2.41. The van der Waals surface area contributed by atoms with Gasteiger partial charge in [0.1, 0.15) is 6.07 Å². The minimum Gasteiger partial charge on any atom is -0.490 e. The summed E-state index contributed by atoms with van der Waals surface area (Å²) in [7, 11) is 0. The summed E-state index contributed by atoms with van der Waals surface area (Å²) in [4.78, 5) is 0. The first-order valence-corrected chi connectivity index (χ1v) is 9.22. The Morgan fingerprint density at radius 2 is 1.69 bits per heavy atom. The van der Waals surface area contributed by atoms with Gasteiger partial charge in [0, 0.05) is 0 Å². The summed E-state index contributed by atoms with van der Waals surface area (Å²) in [5.74, 6) is -1.41. The van der Waals surface area contributed by atoms with E-state index in [-0.39, 0.29) is 11.3 Å². The highest BCUT2D eigenvalue weighted by Gasteiger charge is 2.23. The predicted octanol–water partition coefficient (Wildman–Crippen LogP) is 5.75. The molecule has 1 aliphatic carbocycles. The van der Waals surface area contributed by atoms with E-state index in [1.807, 2.05) is 0 Å². The summed E-state index contributed by atoms with van der Waals surface area (Å²) in [6.07, 6.45) is 5.26. The van der Waals surface area contributed by atoms with Crippen molar-refractivity contribution in [2.75, 3.05) is 6.61 Å². The maximum Gasteiger partial charge on any atom is 0.201 e. The Balaban J connectivity index is 1.53. The lowest BCUT2D eigenvalue weighted by molar-refractivity contribution is 0.192. The highest BCUT2D eigenvalue weighted by molar-refractivity contribution is 5.37. The molecule has 136 valence electrons. The molecule has 2 aromatic rings. The lowest BCUT2D eigenvalue weighted by atomic mass is 9.79. The number of nitriles is 1. The summed E-state index contributed by atoms with van der Waals surface area (Å²) in [6, 6.07) is 13.1. The van der Waals surface area contributed by atoms with Crippen LogP contribution in [0, 0.1) is 28.9 Å². The zero-order valence-electron chi connectivity index (χ0n) is 15.0. The van der Waals surface area contributed by atoms with Crippen LogP contribution in [0.1, 0.15) is 55.2 Å². The van der Waals surface area contributed by atoms with E-state index >= 15 is 0 Å². The van der Waals surface area contributed by atoms with Crippen molar-refractivity contribution in [2.45, 2.75) is 44.9 Å². The van der Waals surface area contributed by atoms with E-state index < -0.39 is 11.6 Å². The van der Waals surface area contributed by atoms with Crippen LogP contribution in [0.3, 0.4) is 0 Å². The van der Waals surface area contributed by atoms with Crippen LogP contribution in [-0.4, -0.2) is 6.61 Å². The van der Waals surface area contributed by atoms with Crippen LogP contribution in [0.5, 0.6) is 5.75 Å². The van der Waals surface area contributed by atoms with E-state index in [0.717, 1.165) is 32.1 Å². The highest BCUT2D eigenvalue weighted by Crippen LogP contribution is 2.36. The molecule has 1 fully saturated rings. The molecule has 0 heterocycles. The largest absolute Gasteiger partial charge is 0.490 e. The Kier molecular flexibility index (Phi) is 5.88. The van der Waals surface area contributed by atoms with Gasteiger partial charge in [0.2, 0.25) is 5.82 Å². The van der Waals surface area contributed by atoms with Gasteiger partial charge in [-0.05, 0) is 67.2 Å². The minimum atomic E-state index is -1.13. The first-order valence-electron chi connectivity index (χ1n) is 9.22. The van der Waals surface area contributed by atoms with Gasteiger partial charge in [0.25, 0.3) is 0 Å². The van der Waals surface area contributed by atoms with Gasteiger partial charge in [-0.25, -0.2) is 4.39 Å². The number of hydrogen-bond donors (Lipinski definition) is 0. The molecule has 0 bridgehead atoms. The van der Waals surface area contributed by atoms with E-state index in [4.69, 9.17) is 10.00 Å². The third-order valence-electron chi connectivity index (χ3n) is 5.35. The van der Waals surface area contributed by atoms with Crippen LogP contribution < -0.4 is 4.74 Å². The van der Waals surface area contributed by atoms with E-state index in [2.05, 4.69) is 31.2 Å². The normalized spacial score (nSPS) is 19.8. The second-order valence-electron chi connectivity index (χ2n) is 6.97. The van der Waals surface area contributed by atoms with E-state index in [0.29, 0.717) is 18.4 Å². The number of nitrogens with zero attached hydrogens (tertiary/aromatic N) is 1. The Morgan fingerprint density at radius 3 is 2.31 bits per heavy atom. The smallest absolute Gasteiger partial charge is 0.201 e. The molecule has 0 spiro atoms. The fourth-order valence-corrected chi connectivity index (χ4v) is 3.63. The SMILES string of the molecule is CCc1ccc([C@H]2CC[C@H](COc3ccc(C#N)c(F)c3F)CC2)cc1. The maximum atomic E-state index is 13.9. The van der Waals surface area contributed by atoms with E-state index in [1.54, 1.807) is 6.07 Å². The average molecular weight is 355 g/mol. The minimum absolute atomic E-state index is 0.112. The third kappa shape index (κ3) is 4.04. The molecule has 4 heteroatoms. The molecule has 0 unspecified atom stereocenters. The Morgan fingerprint density at radius 1 is 1.00 bits per heavy atom. The summed E-state index contributed by atoms with van der Waals surface area (Å²) < 4.78 is 33.0. The predicted molar refractivity (Wildman–Crippen MR) is 97.1 cm³/mol.